The van der Waals surface area contributed by atoms with Crippen LogP contribution in [-0.4, -0.2) is 24.2 Å². The van der Waals surface area contributed by atoms with Crippen molar-refractivity contribution in [2.24, 2.45) is 10.7 Å². The zero-order valence-corrected chi connectivity index (χ0v) is 11.1. The van der Waals surface area contributed by atoms with Crippen molar-refractivity contribution in [3.8, 4) is 0 Å². The number of nitrogens with two attached hydrogens (primary N) is 1. The Kier molecular flexibility index (Phi) is 5.23. The lowest BCUT2D eigenvalue weighted by Gasteiger charge is -2.22. The summed E-state index contributed by atoms with van der Waals surface area (Å²) in [4.78, 5) is 3.95. The second-order valence-corrected chi connectivity index (χ2v) is 4.53. The highest BCUT2D eigenvalue weighted by molar-refractivity contribution is 5.77. The van der Waals surface area contributed by atoms with Crippen LogP contribution in [0.2, 0.25) is 0 Å². The van der Waals surface area contributed by atoms with Gasteiger partial charge in [-0.15, -0.1) is 0 Å². The molecular weight excluding hydrogens is 252 g/mol. The Morgan fingerprint density at radius 2 is 2.16 bits per heavy atom. The Hall–Kier alpha value is -1.69. The molecule has 6 heteroatoms. The Morgan fingerprint density at radius 3 is 2.74 bits per heavy atom. The highest BCUT2D eigenvalue weighted by atomic mass is 19.1. The lowest BCUT2D eigenvalue weighted by Crippen LogP contribution is -2.35. The second-order valence-electron chi connectivity index (χ2n) is 4.53. The Morgan fingerprint density at radius 1 is 1.47 bits per heavy atom. The van der Waals surface area contributed by atoms with Gasteiger partial charge in [-0.25, -0.2) is 8.78 Å². The normalized spacial score (nSPS) is 15.1. The first-order valence-electron chi connectivity index (χ1n) is 6.08. The van der Waals surface area contributed by atoms with E-state index in [0.717, 1.165) is 18.6 Å². The van der Waals surface area contributed by atoms with Crippen LogP contribution in [0.1, 0.15) is 25.8 Å². The summed E-state index contributed by atoms with van der Waals surface area (Å²) >= 11 is 0. The van der Waals surface area contributed by atoms with Crippen LogP contribution in [0.25, 0.3) is 0 Å². The summed E-state index contributed by atoms with van der Waals surface area (Å²) in [6.07, 6.45) is 0.888. The summed E-state index contributed by atoms with van der Waals surface area (Å²) in [5.41, 5.74) is 4.02. The molecule has 4 nitrogen and oxygen atoms in total. The van der Waals surface area contributed by atoms with Crippen molar-refractivity contribution in [2.75, 3.05) is 13.1 Å². The molecule has 0 spiro atoms. The summed E-state index contributed by atoms with van der Waals surface area (Å²) in [5, 5.41) is 13.0. The van der Waals surface area contributed by atoms with E-state index in [9.17, 15) is 13.9 Å². The fourth-order valence-electron chi connectivity index (χ4n) is 1.56. The van der Waals surface area contributed by atoms with Gasteiger partial charge in [-0.3, -0.25) is 4.99 Å². The van der Waals surface area contributed by atoms with Gasteiger partial charge in [0.2, 0.25) is 0 Å². The van der Waals surface area contributed by atoms with Gasteiger partial charge < -0.3 is 16.2 Å². The van der Waals surface area contributed by atoms with E-state index in [4.69, 9.17) is 5.73 Å². The molecule has 0 saturated heterocycles. The highest BCUT2D eigenvalue weighted by Gasteiger charge is 2.26. The number of guanidine groups is 1. The fraction of sp³-hybridized carbons (Fsp3) is 0.462. The van der Waals surface area contributed by atoms with Crippen LogP contribution < -0.4 is 11.1 Å². The van der Waals surface area contributed by atoms with Gasteiger partial charge in [-0.1, -0.05) is 13.0 Å². The van der Waals surface area contributed by atoms with Crippen LogP contribution >= 0.6 is 0 Å². The molecule has 0 fully saturated rings. The number of benzene rings is 1. The van der Waals surface area contributed by atoms with Crippen molar-refractivity contribution in [1.29, 1.82) is 0 Å². The number of halogens is 2. The average Bonchev–Trinajstić information content (AvgIpc) is 2.33. The molecule has 0 amide bonds. The van der Waals surface area contributed by atoms with E-state index in [2.05, 4.69) is 10.3 Å². The van der Waals surface area contributed by atoms with E-state index in [1.807, 2.05) is 6.92 Å². The quantitative estimate of drug-likeness (QED) is 0.561. The third-order valence-corrected chi connectivity index (χ3v) is 2.62. The van der Waals surface area contributed by atoms with Crippen molar-refractivity contribution in [3.63, 3.8) is 0 Å². The first-order valence-corrected chi connectivity index (χ1v) is 6.08. The molecule has 0 aromatic heterocycles. The number of aliphatic hydroxyl groups is 1. The van der Waals surface area contributed by atoms with Crippen LogP contribution in [0.3, 0.4) is 0 Å². The predicted molar refractivity (Wildman–Crippen MR) is 70.7 cm³/mol. The van der Waals surface area contributed by atoms with Gasteiger partial charge in [0.1, 0.15) is 17.2 Å². The Bertz CT molecular complexity index is 461. The van der Waals surface area contributed by atoms with E-state index >= 15 is 0 Å². The molecule has 1 aromatic carbocycles. The van der Waals surface area contributed by atoms with Crippen molar-refractivity contribution in [1.82, 2.24) is 5.32 Å². The van der Waals surface area contributed by atoms with E-state index in [1.165, 1.54) is 13.0 Å². The lowest BCUT2D eigenvalue weighted by atomic mass is 9.95. The van der Waals surface area contributed by atoms with Crippen molar-refractivity contribution in [3.05, 3.63) is 35.4 Å². The van der Waals surface area contributed by atoms with E-state index in [1.54, 1.807) is 0 Å². The fourth-order valence-corrected chi connectivity index (χ4v) is 1.56. The molecule has 0 aliphatic heterocycles. The van der Waals surface area contributed by atoms with Crippen LogP contribution in [0.4, 0.5) is 8.78 Å². The van der Waals surface area contributed by atoms with E-state index in [-0.39, 0.29) is 18.1 Å². The standard InChI is InChI=1S/C13H19F2N3O/c1-3-6-17-12(16)18-8-13(2,19)10-5-4-9(14)7-11(10)15/h4-5,7,19H,3,6,8H2,1-2H3,(H3,16,17,18). The van der Waals surface area contributed by atoms with Crippen molar-refractivity contribution in [2.45, 2.75) is 25.9 Å². The number of rotatable bonds is 5. The maximum absolute atomic E-state index is 13.6. The molecule has 19 heavy (non-hydrogen) atoms. The van der Waals surface area contributed by atoms with E-state index in [0.29, 0.717) is 6.54 Å². The largest absolute Gasteiger partial charge is 0.383 e. The Balaban J connectivity index is 2.80. The molecule has 0 heterocycles. The van der Waals surface area contributed by atoms with Crippen LogP contribution in [0.15, 0.2) is 23.2 Å². The van der Waals surface area contributed by atoms with Gasteiger partial charge in [0, 0.05) is 18.2 Å². The molecule has 0 radical (unpaired) electrons. The van der Waals surface area contributed by atoms with Crippen LogP contribution in [0, 0.1) is 11.6 Å². The zero-order valence-electron chi connectivity index (χ0n) is 11.1. The number of nitrogens with one attached hydrogen (secondary N) is 1. The Labute approximate surface area is 111 Å². The molecule has 0 bridgehead atoms. The smallest absolute Gasteiger partial charge is 0.188 e. The van der Waals surface area contributed by atoms with Crippen molar-refractivity contribution < 1.29 is 13.9 Å². The zero-order chi connectivity index (χ0) is 14.5. The van der Waals surface area contributed by atoms with Crippen molar-refractivity contribution >= 4 is 5.96 Å². The van der Waals surface area contributed by atoms with Crippen LogP contribution in [-0.2, 0) is 5.60 Å². The minimum Gasteiger partial charge on any atom is -0.383 e. The van der Waals surface area contributed by atoms with Gasteiger partial charge in [-0.2, -0.15) is 0 Å². The molecular formula is C13H19F2N3O. The molecule has 1 rings (SSSR count). The second kappa shape index (κ2) is 6.47. The summed E-state index contributed by atoms with van der Waals surface area (Å²) < 4.78 is 26.4. The topological polar surface area (TPSA) is 70.6 Å². The summed E-state index contributed by atoms with van der Waals surface area (Å²) in [6, 6.07) is 3.03. The maximum atomic E-state index is 13.6. The number of hydrogen-bond acceptors (Lipinski definition) is 2. The first-order chi connectivity index (χ1) is 8.86. The minimum atomic E-state index is -1.55. The van der Waals surface area contributed by atoms with Gasteiger partial charge in [0.15, 0.2) is 5.96 Å². The molecule has 106 valence electrons. The van der Waals surface area contributed by atoms with E-state index < -0.39 is 17.2 Å². The number of nitrogens with zero attached hydrogens (tertiary/aromatic N) is 1. The third-order valence-electron chi connectivity index (χ3n) is 2.62. The minimum absolute atomic E-state index is 0.0130. The first kappa shape index (κ1) is 15.4. The summed E-state index contributed by atoms with van der Waals surface area (Å²) in [6.45, 7) is 3.94. The molecule has 1 aromatic rings. The third kappa shape index (κ3) is 4.48. The summed E-state index contributed by atoms with van der Waals surface area (Å²) in [5.74, 6) is -1.31. The van der Waals surface area contributed by atoms with Crippen LogP contribution in [0.5, 0.6) is 0 Å². The molecule has 1 atom stereocenters. The average molecular weight is 271 g/mol. The predicted octanol–water partition coefficient (Wildman–Crippen LogP) is 1.49. The molecule has 0 aliphatic rings. The number of aliphatic imine (C=N–C) groups is 1. The molecule has 0 aliphatic carbocycles. The highest BCUT2D eigenvalue weighted by Crippen LogP contribution is 2.24. The van der Waals surface area contributed by atoms with Gasteiger partial charge in [0.05, 0.1) is 6.54 Å². The molecule has 1 unspecified atom stereocenters. The molecule has 0 saturated carbocycles. The summed E-state index contributed by atoms with van der Waals surface area (Å²) in [7, 11) is 0. The molecule has 4 N–H and O–H groups in total. The van der Waals surface area contributed by atoms with Gasteiger partial charge >= 0.3 is 0 Å². The van der Waals surface area contributed by atoms with Gasteiger partial charge in [0.25, 0.3) is 0 Å². The van der Waals surface area contributed by atoms with Gasteiger partial charge in [-0.05, 0) is 19.4 Å². The monoisotopic (exact) mass is 271 g/mol. The number of hydrogen-bond donors (Lipinski definition) is 3. The lowest BCUT2D eigenvalue weighted by molar-refractivity contribution is 0.0633. The SMILES string of the molecule is CCCNC(N)=NCC(C)(O)c1ccc(F)cc1F. The maximum Gasteiger partial charge on any atom is 0.188 e.